The average molecular weight is 360 g/mol. The normalized spacial score (nSPS) is 10.6. The number of carbonyl (C=O) groups is 1. The van der Waals surface area contributed by atoms with Crippen molar-refractivity contribution in [2.45, 2.75) is 6.42 Å². The Balaban J connectivity index is 1.63. The van der Waals surface area contributed by atoms with Crippen LogP contribution in [0.2, 0.25) is 0 Å². The number of likely N-dealkylation sites (N-methyl/N-ethyl adjacent to an activating group) is 1. The number of amides is 1. The van der Waals surface area contributed by atoms with Gasteiger partial charge in [0.25, 0.3) is 5.91 Å². The molecule has 0 unspecified atom stereocenters. The van der Waals surface area contributed by atoms with Gasteiger partial charge in [0.2, 0.25) is 0 Å². The summed E-state index contributed by atoms with van der Waals surface area (Å²) >= 11 is 0. The van der Waals surface area contributed by atoms with Gasteiger partial charge in [-0.15, -0.1) is 0 Å². The van der Waals surface area contributed by atoms with Gasteiger partial charge in [-0.05, 0) is 68.5 Å². The average Bonchev–Trinajstić information content (AvgIpc) is 2.68. The number of anilines is 1. The van der Waals surface area contributed by atoms with Gasteiger partial charge in [-0.2, -0.15) is 0 Å². The minimum absolute atomic E-state index is 0.158. The second kappa shape index (κ2) is 9.01. The number of hydrogen-bond donors (Lipinski definition) is 1. The Labute approximate surface area is 160 Å². The van der Waals surface area contributed by atoms with Crippen molar-refractivity contribution in [1.82, 2.24) is 4.90 Å². The summed E-state index contributed by atoms with van der Waals surface area (Å²) < 4.78 is 5.80. The molecular weight excluding hydrogens is 336 g/mol. The first kappa shape index (κ1) is 18.7. The predicted molar refractivity (Wildman–Crippen MR) is 110 cm³/mol. The van der Waals surface area contributed by atoms with Crippen LogP contribution in [-0.4, -0.2) is 31.4 Å². The van der Waals surface area contributed by atoms with Gasteiger partial charge in [0.1, 0.15) is 11.5 Å². The van der Waals surface area contributed by atoms with Crippen LogP contribution < -0.4 is 10.1 Å². The van der Waals surface area contributed by atoms with Gasteiger partial charge in [-0.1, -0.05) is 36.4 Å². The maximum atomic E-state index is 12.5. The smallest absolute Gasteiger partial charge is 0.255 e. The van der Waals surface area contributed by atoms with Crippen LogP contribution in [0.25, 0.3) is 0 Å². The van der Waals surface area contributed by atoms with E-state index in [2.05, 4.69) is 24.3 Å². The number of nitrogens with zero attached hydrogens (tertiary/aromatic N) is 1. The van der Waals surface area contributed by atoms with E-state index in [0.29, 0.717) is 11.3 Å². The highest BCUT2D eigenvalue weighted by molar-refractivity contribution is 6.04. The SMILES string of the molecule is CN(C)CCc1ccc(NC(=O)c2cccc(Oc3ccccc3)c2)cc1. The van der Waals surface area contributed by atoms with Crippen molar-refractivity contribution in [3.8, 4) is 11.5 Å². The monoisotopic (exact) mass is 360 g/mol. The first-order valence-corrected chi connectivity index (χ1v) is 8.98. The van der Waals surface area contributed by atoms with E-state index in [1.807, 2.05) is 66.7 Å². The van der Waals surface area contributed by atoms with E-state index in [9.17, 15) is 4.79 Å². The molecule has 4 nitrogen and oxygen atoms in total. The van der Waals surface area contributed by atoms with Crippen LogP contribution in [-0.2, 0) is 6.42 Å². The third-order valence-corrected chi connectivity index (χ3v) is 4.13. The number of benzene rings is 3. The van der Waals surface area contributed by atoms with Crippen LogP contribution in [0.1, 0.15) is 15.9 Å². The molecule has 0 saturated heterocycles. The molecule has 0 radical (unpaired) electrons. The molecule has 0 heterocycles. The van der Waals surface area contributed by atoms with Gasteiger partial charge in [-0.3, -0.25) is 4.79 Å². The molecule has 27 heavy (non-hydrogen) atoms. The number of nitrogens with one attached hydrogen (secondary N) is 1. The number of ether oxygens (including phenoxy) is 1. The van der Waals surface area contributed by atoms with E-state index in [1.54, 1.807) is 12.1 Å². The Hall–Kier alpha value is -3.11. The van der Waals surface area contributed by atoms with Crippen LogP contribution >= 0.6 is 0 Å². The Bertz CT molecular complexity index is 874. The van der Waals surface area contributed by atoms with E-state index in [4.69, 9.17) is 4.74 Å². The molecule has 1 amide bonds. The number of hydrogen-bond acceptors (Lipinski definition) is 3. The van der Waals surface area contributed by atoms with Gasteiger partial charge < -0.3 is 15.0 Å². The molecule has 4 heteroatoms. The summed E-state index contributed by atoms with van der Waals surface area (Å²) in [6.07, 6.45) is 0.986. The highest BCUT2D eigenvalue weighted by Crippen LogP contribution is 2.22. The zero-order valence-corrected chi connectivity index (χ0v) is 15.7. The summed E-state index contributed by atoms with van der Waals surface area (Å²) in [6.45, 7) is 1.000. The maximum absolute atomic E-state index is 12.5. The maximum Gasteiger partial charge on any atom is 0.255 e. The molecule has 0 spiro atoms. The number of para-hydroxylation sites is 1. The van der Waals surface area contributed by atoms with Gasteiger partial charge in [0.05, 0.1) is 0 Å². The molecule has 0 aliphatic heterocycles. The molecule has 138 valence electrons. The zero-order valence-electron chi connectivity index (χ0n) is 15.7. The molecule has 0 aliphatic rings. The molecule has 0 atom stereocenters. The minimum Gasteiger partial charge on any atom is -0.457 e. The second-order valence-corrected chi connectivity index (χ2v) is 6.65. The summed E-state index contributed by atoms with van der Waals surface area (Å²) in [4.78, 5) is 14.7. The molecule has 1 N–H and O–H groups in total. The lowest BCUT2D eigenvalue weighted by Gasteiger charge is -2.11. The molecule has 3 rings (SSSR count). The first-order valence-electron chi connectivity index (χ1n) is 8.98. The molecule has 0 bridgehead atoms. The third kappa shape index (κ3) is 5.69. The predicted octanol–water partition coefficient (Wildman–Crippen LogP) is 4.84. The lowest BCUT2D eigenvalue weighted by atomic mass is 10.1. The van der Waals surface area contributed by atoms with Crippen molar-refractivity contribution >= 4 is 11.6 Å². The Morgan fingerprint density at radius 1 is 0.889 bits per heavy atom. The summed E-state index contributed by atoms with van der Waals surface area (Å²) in [5.41, 5.74) is 2.59. The van der Waals surface area contributed by atoms with E-state index < -0.39 is 0 Å². The molecule has 3 aromatic carbocycles. The van der Waals surface area contributed by atoms with Crippen LogP contribution in [0.3, 0.4) is 0 Å². The van der Waals surface area contributed by atoms with E-state index in [0.717, 1.165) is 24.4 Å². The van der Waals surface area contributed by atoms with Crippen LogP contribution in [0.5, 0.6) is 11.5 Å². The fraction of sp³-hybridized carbons (Fsp3) is 0.174. The molecular formula is C23H24N2O2. The molecule has 0 saturated carbocycles. The summed E-state index contributed by atoms with van der Waals surface area (Å²) in [6, 6.07) is 24.7. The van der Waals surface area contributed by atoms with Gasteiger partial charge in [-0.25, -0.2) is 0 Å². The van der Waals surface area contributed by atoms with Crippen molar-refractivity contribution in [2.24, 2.45) is 0 Å². The van der Waals surface area contributed by atoms with Crippen molar-refractivity contribution in [2.75, 3.05) is 26.0 Å². The van der Waals surface area contributed by atoms with E-state index in [-0.39, 0.29) is 5.91 Å². The Kier molecular flexibility index (Phi) is 6.23. The second-order valence-electron chi connectivity index (χ2n) is 6.65. The first-order chi connectivity index (χ1) is 13.1. The Morgan fingerprint density at radius 2 is 1.59 bits per heavy atom. The van der Waals surface area contributed by atoms with Crippen molar-refractivity contribution < 1.29 is 9.53 Å². The fourth-order valence-corrected chi connectivity index (χ4v) is 2.64. The molecule has 0 fully saturated rings. The molecule has 0 aromatic heterocycles. The molecule has 0 aliphatic carbocycles. The standard InChI is InChI=1S/C23H24N2O2/c1-25(2)16-15-18-11-13-20(14-12-18)24-23(26)19-7-6-10-22(17-19)27-21-8-4-3-5-9-21/h3-14,17H,15-16H2,1-2H3,(H,24,26). The fourth-order valence-electron chi connectivity index (χ4n) is 2.64. The lowest BCUT2D eigenvalue weighted by molar-refractivity contribution is 0.102. The highest BCUT2D eigenvalue weighted by Gasteiger charge is 2.08. The quantitative estimate of drug-likeness (QED) is 0.656. The van der Waals surface area contributed by atoms with Gasteiger partial charge in [0, 0.05) is 17.8 Å². The van der Waals surface area contributed by atoms with Crippen molar-refractivity contribution in [3.05, 3.63) is 90.0 Å². The summed E-state index contributed by atoms with van der Waals surface area (Å²) in [5.74, 6) is 1.21. The minimum atomic E-state index is -0.158. The van der Waals surface area contributed by atoms with E-state index in [1.165, 1.54) is 5.56 Å². The summed E-state index contributed by atoms with van der Waals surface area (Å²) in [7, 11) is 4.12. The lowest BCUT2D eigenvalue weighted by Crippen LogP contribution is -2.15. The van der Waals surface area contributed by atoms with Gasteiger partial charge >= 0.3 is 0 Å². The number of carbonyl (C=O) groups excluding carboxylic acids is 1. The van der Waals surface area contributed by atoms with E-state index >= 15 is 0 Å². The topological polar surface area (TPSA) is 41.6 Å². The van der Waals surface area contributed by atoms with Crippen molar-refractivity contribution in [1.29, 1.82) is 0 Å². The largest absolute Gasteiger partial charge is 0.457 e. The third-order valence-electron chi connectivity index (χ3n) is 4.13. The van der Waals surface area contributed by atoms with Crippen molar-refractivity contribution in [3.63, 3.8) is 0 Å². The molecule has 3 aromatic rings. The van der Waals surface area contributed by atoms with Crippen LogP contribution in [0.4, 0.5) is 5.69 Å². The van der Waals surface area contributed by atoms with Crippen LogP contribution in [0, 0.1) is 0 Å². The van der Waals surface area contributed by atoms with Gasteiger partial charge in [0.15, 0.2) is 0 Å². The Morgan fingerprint density at radius 3 is 2.30 bits per heavy atom. The highest BCUT2D eigenvalue weighted by atomic mass is 16.5. The van der Waals surface area contributed by atoms with Crippen LogP contribution in [0.15, 0.2) is 78.9 Å². The number of rotatable bonds is 7. The summed E-state index contributed by atoms with van der Waals surface area (Å²) in [5, 5.41) is 2.94. The zero-order chi connectivity index (χ0) is 19.1.